The maximum Gasteiger partial charge on any atom is 0.231 e. The topological polar surface area (TPSA) is 68.0 Å². The fourth-order valence-corrected chi connectivity index (χ4v) is 2.57. The number of nitrogens with zero attached hydrogens (tertiary/aromatic N) is 1. The number of hydrogen-bond donors (Lipinski definition) is 2. The van der Waals surface area contributed by atoms with E-state index in [0.717, 1.165) is 29.4 Å². The van der Waals surface area contributed by atoms with Crippen molar-refractivity contribution in [3.8, 4) is 0 Å². The molecule has 1 aromatic heterocycles. The van der Waals surface area contributed by atoms with Crippen LogP contribution in [0.25, 0.3) is 0 Å². The van der Waals surface area contributed by atoms with E-state index in [1.807, 2.05) is 6.92 Å². The number of nitrogens with two attached hydrogens (primary N) is 1. The molecule has 1 amide bonds. The number of pyridine rings is 1. The Hall–Kier alpha value is -0.940. The Balaban J connectivity index is 2.15. The van der Waals surface area contributed by atoms with Gasteiger partial charge in [0.1, 0.15) is 0 Å². The average Bonchev–Trinajstić information content (AvgIpc) is 2.64. The summed E-state index contributed by atoms with van der Waals surface area (Å²) in [7, 11) is 0. The summed E-state index contributed by atoms with van der Waals surface area (Å²) in [6, 6.07) is 1.72. The van der Waals surface area contributed by atoms with Gasteiger partial charge in [-0.2, -0.15) is 0 Å². The van der Waals surface area contributed by atoms with E-state index in [1.165, 1.54) is 0 Å². The fourth-order valence-electron chi connectivity index (χ4n) is 2.22. The number of aromatic nitrogens is 1. The number of carbonyl (C=O) groups excluding carboxylic acids is 1. The summed E-state index contributed by atoms with van der Waals surface area (Å²) in [5, 5.41) is 2.92. The van der Waals surface area contributed by atoms with Crippen LogP contribution in [0, 0.1) is 5.41 Å². The van der Waals surface area contributed by atoms with E-state index in [-0.39, 0.29) is 11.9 Å². The monoisotopic (exact) mass is 297 g/mol. The molecule has 0 saturated heterocycles. The number of hydrogen-bond acceptors (Lipinski definition) is 3. The van der Waals surface area contributed by atoms with E-state index < -0.39 is 5.41 Å². The molecule has 1 fully saturated rings. The molecule has 2 rings (SSSR count). The van der Waals surface area contributed by atoms with Crippen LogP contribution in [-0.2, 0) is 4.79 Å². The Morgan fingerprint density at radius 3 is 3.06 bits per heavy atom. The Morgan fingerprint density at radius 2 is 2.47 bits per heavy atom. The second kappa shape index (κ2) is 4.74. The van der Waals surface area contributed by atoms with Crippen molar-refractivity contribution in [3.05, 3.63) is 22.9 Å². The SMILES string of the molecule is CC1(C(=O)Nc2ccncc2Br)CCCC1N. The smallest absolute Gasteiger partial charge is 0.231 e. The maximum atomic E-state index is 12.3. The molecule has 5 heteroatoms. The quantitative estimate of drug-likeness (QED) is 0.880. The zero-order chi connectivity index (χ0) is 12.5. The first-order valence-electron chi connectivity index (χ1n) is 5.70. The van der Waals surface area contributed by atoms with Crippen molar-refractivity contribution in [3.63, 3.8) is 0 Å². The van der Waals surface area contributed by atoms with Gasteiger partial charge in [-0.15, -0.1) is 0 Å². The van der Waals surface area contributed by atoms with Crippen LogP contribution in [0.1, 0.15) is 26.2 Å². The van der Waals surface area contributed by atoms with E-state index in [0.29, 0.717) is 0 Å². The molecule has 92 valence electrons. The number of amides is 1. The van der Waals surface area contributed by atoms with Gasteiger partial charge in [-0.25, -0.2) is 0 Å². The van der Waals surface area contributed by atoms with Gasteiger partial charge in [0, 0.05) is 18.4 Å². The lowest BCUT2D eigenvalue weighted by Crippen LogP contribution is -2.44. The minimum atomic E-state index is -0.456. The van der Waals surface area contributed by atoms with Crippen molar-refractivity contribution in [2.45, 2.75) is 32.2 Å². The summed E-state index contributed by atoms with van der Waals surface area (Å²) in [4.78, 5) is 16.2. The number of halogens is 1. The molecule has 2 unspecified atom stereocenters. The van der Waals surface area contributed by atoms with Crippen molar-refractivity contribution in [1.82, 2.24) is 4.98 Å². The zero-order valence-corrected chi connectivity index (χ0v) is 11.3. The molecule has 0 bridgehead atoms. The number of rotatable bonds is 2. The Kier molecular flexibility index (Phi) is 3.49. The van der Waals surface area contributed by atoms with Gasteiger partial charge in [-0.05, 0) is 41.8 Å². The third kappa shape index (κ3) is 2.35. The van der Waals surface area contributed by atoms with Crippen molar-refractivity contribution in [2.24, 2.45) is 11.1 Å². The standard InChI is InChI=1S/C12H16BrN3O/c1-12(5-2-3-10(12)14)11(17)16-9-4-6-15-7-8(9)13/h4,6-7,10H,2-3,5,14H2,1H3,(H,15,16,17). The maximum absolute atomic E-state index is 12.3. The Morgan fingerprint density at radius 1 is 1.71 bits per heavy atom. The summed E-state index contributed by atoms with van der Waals surface area (Å²) in [6.45, 7) is 1.94. The van der Waals surface area contributed by atoms with Gasteiger partial charge in [0.15, 0.2) is 0 Å². The highest BCUT2D eigenvalue weighted by Crippen LogP contribution is 2.38. The van der Waals surface area contributed by atoms with Gasteiger partial charge in [-0.3, -0.25) is 9.78 Å². The van der Waals surface area contributed by atoms with E-state index >= 15 is 0 Å². The summed E-state index contributed by atoms with van der Waals surface area (Å²) in [5.74, 6) is -0.00519. The van der Waals surface area contributed by atoms with Crippen LogP contribution in [-0.4, -0.2) is 16.9 Å². The molecular formula is C12H16BrN3O. The van der Waals surface area contributed by atoms with Crippen LogP contribution in [0.4, 0.5) is 5.69 Å². The zero-order valence-electron chi connectivity index (χ0n) is 9.74. The minimum absolute atomic E-state index is 0.00519. The molecule has 0 aliphatic heterocycles. The highest BCUT2D eigenvalue weighted by atomic mass is 79.9. The molecule has 0 spiro atoms. The Bertz CT molecular complexity index is 438. The molecule has 1 aliphatic rings. The van der Waals surface area contributed by atoms with Gasteiger partial charge >= 0.3 is 0 Å². The molecule has 1 aromatic rings. The van der Waals surface area contributed by atoms with Crippen LogP contribution in [0.3, 0.4) is 0 Å². The van der Waals surface area contributed by atoms with E-state index in [2.05, 4.69) is 26.2 Å². The van der Waals surface area contributed by atoms with Gasteiger partial charge in [0.2, 0.25) is 5.91 Å². The van der Waals surface area contributed by atoms with Crippen molar-refractivity contribution in [1.29, 1.82) is 0 Å². The molecule has 0 radical (unpaired) electrons. The van der Waals surface area contributed by atoms with Crippen LogP contribution in [0.2, 0.25) is 0 Å². The highest BCUT2D eigenvalue weighted by molar-refractivity contribution is 9.10. The number of nitrogens with one attached hydrogen (secondary N) is 1. The number of anilines is 1. The number of carbonyl (C=O) groups is 1. The van der Waals surface area contributed by atoms with Crippen molar-refractivity contribution < 1.29 is 4.79 Å². The van der Waals surface area contributed by atoms with E-state index in [9.17, 15) is 4.79 Å². The third-order valence-corrected chi connectivity index (χ3v) is 4.20. The largest absolute Gasteiger partial charge is 0.327 e. The lowest BCUT2D eigenvalue weighted by Gasteiger charge is -2.27. The van der Waals surface area contributed by atoms with E-state index in [4.69, 9.17) is 5.73 Å². The van der Waals surface area contributed by atoms with Crippen LogP contribution < -0.4 is 11.1 Å². The van der Waals surface area contributed by atoms with Crippen LogP contribution in [0.5, 0.6) is 0 Å². The molecule has 4 nitrogen and oxygen atoms in total. The lowest BCUT2D eigenvalue weighted by atomic mass is 9.84. The lowest BCUT2D eigenvalue weighted by molar-refractivity contribution is -0.125. The summed E-state index contributed by atoms with van der Waals surface area (Å²) in [6.07, 6.45) is 6.09. The second-order valence-electron chi connectivity index (χ2n) is 4.73. The predicted octanol–water partition coefficient (Wildman–Crippen LogP) is 2.30. The molecule has 1 heterocycles. The second-order valence-corrected chi connectivity index (χ2v) is 5.58. The summed E-state index contributed by atoms with van der Waals surface area (Å²) < 4.78 is 0.781. The van der Waals surface area contributed by atoms with Gasteiger partial charge < -0.3 is 11.1 Å². The fraction of sp³-hybridized carbons (Fsp3) is 0.500. The van der Waals surface area contributed by atoms with Gasteiger partial charge in [0.05, 0.1) is 15.6 Å². The first-order chi connectivity index (χ1) is 8.04. The van der Waals surface area contributed by atoms with E-state index in [1.54, 1.807) is 18.5 Å². The van der Waals surface area contributed by atoms with Gasteiger partial charge in [-0.1, -0.05) is 6.42 Å². The predicted molar refractivity (Wildman–Crippen MR) is 70.5 cm³/mol. The van der Waals surface area contributed by atoms with Crippen molar-refractivity contribution >= 4 is 27.5 Å². The first kappa shape index (κ1) is 12.5. The molecule has 0 aromatic carbocycles. The molecular weight excluding hydrogens is 282 g/mol. The van der Waals surface area contributed by atoms with Crippen LogP contribution in [0.15, 0.2) is 22.9 Å². The van der Waals surface area contributed by atoms with Gasteiger partial charge in [0.25, 0.3) is 0 Å². The summed E-state index contributed by atoms with van der Waals surface area (Å²) >= 11 is 3.36. The average molecular weight is 298 g/mol. The van der Waals surface area contributed by atoms with Crippen molar-refractivity contribution in [2.75, 3.05) is 5.32 Å². The normalized spacial score (nSPS) is 28.1. The molecule has 1 aliphatic carbocycles. The molecule has 2 atom stereocenters. The minimum Gasteiger partial charge on any atom is -0.327 e. The summed E-state index contributed by atoms with van der Waals surface area (Å²) in [5.41, 5.74) is 6.31. The molecule has 3 N–H and O–H groups in total. The Labute approximate surface area is 109 Å². The van der Waals surface area contributed by atoms with Crippen LogP contribution >= 0.6 is 15.9 Å². The first-order valence-corrected chi connectivity index (χ1v) is 6.50. The molecule has 1 saturated carbocycles. The molecule has 17 heavy (non-hydrogen) atoms. The highest BCUT2D eigenvalue weighted by Gasteiger charge is 2.43. The third-order valence-electron chi connectivity index (χ3n) is 3.57.